The van der Waals surface area contributed by atoms with Crippen molar-refractivity contribution >= 4 is 11.6 Å². The summed E-state index contributed by atoms with van der Waals surface area (Å²) >= 11 is 6.03. The molecule has 0 spiro atoms. The van der Waals surface area contributed by atoms with Crippen LogP contribution in [0.25, 0.3) is 0 Å². The molecule has 4 heteroatoms. The van der Waals surface area contributed by atoms with E-state index in [1.54, 1.807) is 25.3 Å². The smallest absolute Gasteiger partial charge is 0.137 e. The number of benzene rings is 1. The van der Waals surface area contributed by atoms with Crippen LogP contribution in [0.4, 0.5) is 0 Å². The maximum Gasteiger partial charge on any atom is 0.137 e. The second-order valence-electron chi connectivity index (χ2n) is 2.83. The third-order valence-electron chi connectivity index (χ3n) is 1.92. The molecule has 1 aromatic carbocycles. The molecule has 0 saturated carbocycles. The van der Waals surface area contributed by atoms with Gasteiger partial charge in [0.05, 0.1) is 24.6 Å². The molecule has 1 unspecified atom stereocenters. The summed E-state index contributed by atoms with van der Waals surface area (Å²) < 4.78 is 5.04. The van der Waals surface area contributed by atoms with Crippen LogP contribution in [0.15, 0.2) is 18.2 Å². The Morgan fingerprint density at radius 3 is 2.93 bits per heavy atom. The lowest BCUT2D eigenvalue weighted by Gasteiger charge is -2.12. The molecule has 0 heterocycles. The Morgan fingerprint density at radius 1 is 1.64 bits per heavy atom. The maximum absolute atomic E-state index is 8.51. The van der Waals surface area contributed by atoms with Crippen LogP contribution >= 0.6 is 11.6 Å². The molecule has 74 valence electrons. The second kappa shape index (κ2) is 4.85. The van der Waals surface area contributed by atoms with Crippen molar-refractivity contribution in [3.05, 3.63) is 28.8 Å². The summed E-state index contributed by atoms with van der Waals surface area (Å²) in [7, 11) is 1.54. The predicted molar refractivity (Wildman–Crippen MR) is 55.2 cm³/mol. The molecule has 2 N–H and O–H groups in total. The minimum absolute atomic E-state index is 0.243. The fourth-order valence-corrected chi connectivity index (χ4v) is 1.52. The minimum Gasteiger partial charge on any atom is -0.495 e. The molecule has 0 aliphatic rings. The SMILES string of the molecule is COc1cccc(C(N)CC#N)c1Cl. The first-order valence-corrected chi connectivity index (χ1v) is 4.53. The van der Waals surface area contributed by atoms with Gasteiger partial charge in [-0.3, -0.25) is 0 Å². The van der Waals surface area contributed by atoms with Gasteiger partial charge >= 0.3 is 0 Å². The normalized spacial score (nSPS) is 11.9. The highest BCUT2D eigenvalue weighted by atomic mass is 35.5. The van der Waals surface area contributed by atoms with Crippen molar-refractivity contribution in [2.45, 2.75) is 12.5 Å². The zero-order valence-corrected chi connectivity index (χ0v) is 8.58. The van der Waals surface area contributed by atoms with E-state index >= 15 is 0 Å². The molecule has 0 amide bonds. The van der Waals surface area contributed by atoms with Gasteiger partial charge < -0.3 is 10.5 Å². The van der Waals surface area contributed by atoms with E-state index in [0.29, 0.717) is 10.8 Å². The highest BCUT2D eigenvalue weighted by molar-refractivity contribution is 6.32. The Bertz CT molecular complexity index is 360. The lowest BCUT2D eigenvalue weighted by molar-refractivity contribution is 0.414. The van der Waals surface area contributed by atoms with E-state index in [0.717, 1.165) is 5.56 Å². The molecular weight excluding hydrogens is 200 g/mol. The van der Waals surface area contributed by atoms with E-state index in [9.17, 15) is 0 Å². The molecule has 14 heavy (non-hydrogen) atoms. The molecule has 0 aromatic heterocycles. The van der Waals surface area contributed by atoms with Crippen LogP contribution in [0.1, 0.15) is 18.0 Å². The van der Waals surface area contributed by atoms with E-state index in [4.69, 9.17) is 27.3 Å². The largest absolute Gasteiger partial charge is 0.495 e. The Morgan fingerprint density at radius 2 is 2.36 bits per heavy atom. The number of nitrogens with two attached hydrogens (primary N) is 1. The van der Waals surface area contributed by atoms with Gasteiger partial charge in [0.1, 0.15) is 5.75 Å². The summed E-state index contributed by atoms with van der Waals surface area (Å²) in [6.07, 6.45) is 0.243. The number of nitrogens with zero attached hydrogens (tertiary/aromatic N) is 1. The van der Waals surface area contributed by atoms with Crippen LogP contribution in [0, 0.1) is 11.3 Å². The molecule has 3 nitrogen and oxygen atoms in total. The van der Waals surface area contributed by atoms with Gasteiger partial charge in [0.15, 0.2) is 0 Å². The maximum atomic E-state index is 8.51. The van der Waals surface area contributed by atoms with Crippen molar-refractivity contribution in [3.8, 4) is 11.8 Å². The summed E-state index contributed by atoms with van der Waals surface area (Å²) in [6, 6.07) is 7.00. The van der Waals surface area contributed by atoms with Crippen molar-refractivity contribution in [1.82, 2.24) is 0 Å². The monoisotopic (exact) mass is 210 g/mol. The summed E-state index contributed by atoms with van der Waals surface area (Å²) in [4.78, 5) is 0. The molecule has 0 fully saturated rings. The summed E-state index contributed by atoms with van der Waals surface area (Å²) in [5.74, 6) is 0.581. The summed E-state index contributed by atoms with van der Waals surface area (Å²) in [6.45, 7) is 0. The van der Waals surface area contributed by atoms with Crippen LogP contribution in [0.5, 0.6) is 5.75 Å². The number of methoxy groups -OCH3 is 1. The van der Waals surface area contributed by atoms with E-state index < -0.39 is 0 Å². The second-order valence-corrected chi connectivity index (χ2v) is 3.21. The first kappa shape index (κ1) is 10.8. The molecule has 1 atom stereocenters. The minimum atomic E-state index is -0.359. The number of ether oxygens (including phenoxy) is 1. The zero-order chi connectivity index (χ0) is 10.6. The lowest BCUT2D eigenvalue weighted by Crippen LogP contribution is -2.10. The van der Waals surface area contributed by atoms with Gasteiger partial charge in [-0.1, -0.05) is 23.7 Å². The Labute approximate surface area is 88.0 Å². The van der Waals surface area contributed by atoms with Gasteiger partial charge in [-0.15, -0.1) is 0 Å². The molecule has 1 aromatic rings. The average Bonchev–Trinajstić information content (AvgIpc) is 2.18. The number of nitriles is 1. The number of hydrogen-bond donors (Lipinski definition) is 1. The molecule has 0 aliphatic heterocycles. The van der Waals surface area contributed by atoms with E-state index in [2.05, 4.69) is 0 Å². The van der Waals surface area contributed by atoms with Crippen molar-refractivity contribution < 1.29 is 4.74 Å². The predicted octanol–water partition coefficient (Wildman–Crippen LogP) is 2.26. The molecule has 0 radical (unpaired) electrons. The molecule has 0 aliphatic carbocycles. The van der Waals surface area contributed by atoms with Crippen molar-refractivity contribution in [2.75, 3.05) is 7.11 Å². The fourth-order valence-electron chi connectivity index (χ4n) is 1.18. The van der Waals surface area contributed by atoms with E-state index in [-0.39, 0.29) is 12.5 Å². The highest BCUT2D eigenvalue weighted by Crippen LogP contribution is 2.31. The van der Waals surface area contributed by atoms with Crippen LogP contribution < -0.4 is 10.5 Å². The summed E-state index contributed by atoms with van der Waals surface area (Å²) in [5, 5.41) is 9.00. The average molecular weight is 211 g/mol. The van der Waals surface area contributed by atoms with Crippen molar-refractivity contribution in [1.29, 1.82) is 5.26 Å². The third-order valence-corrected chi connectivity index (χ3v) is 2.33. The third kappa shape index (κ3) is 2.16. The van der Waals surface area contributed by atoms with Crippen molar-refractivity contribution in [2.24, 2.45) is 5.73 Å². The number of halogens is 1. The lowest BCUT2D eigenvalue weighted by atomic mass is 10.1. The first-order chi connectivity index (χ1) is 6.70. The van der Waals surface area contributed by atoms with Gasteiger partial charge in [-0.2, -0.15) is 5.26 Å². The van der Waals surface area contributed by atoms with Crippen LogP contribution in [0.2, 0.25) is 5.02 Å². The van der Waals surface area contributed by atoms with Crippen molar-refractivity contribution in [3.63, 3.8) is 0 Å². The fraction of sp³-hybridized carbons (Fsp3) is 0.300. The van der Waals surface area contributed by atoms with Crippen LogP contribution in [-0.2, 0) is 0 Å². The van der Waals surface area contributed by atoms with Gasteiger partial charge in [0.2, 0.25) is 0 Å². The quantitative estimate of drug-likeness (QED) is 0.833. The Balaban J connectivity index is 3.04. The van der Waals surface area contributed by atoms with Crippen LogP contribution in [-0.4, -0.2) is 7.11 Å². The number of hydrogen-bond acceptors (Lipinski definition) is 3. The van der Waals surface area contributed by atoms with Gasteiger partial charge in [-0.25, -0.2) is 0 Å². The van der Waals surface area contributed by atoms with Gasteiger partial charge in [-0.05, 0) is 11.6 Å². The highest BCUT2D eigenvalue weighted by Gasteiger charge is 2.12. The van der Waals surface area contributed by atoms with Gasteiger partial charge in [0.25, 0.3) is 0 Å². The summed E-state index contributed by atoms with van der Waals surface area (Å²) in [5.41, 5.74) is 6.51. The standard InChI is InChI=1S/C10H11ClN2O/c1-14-9-4-2-3-7(10(9)11)8(13)5-6-12/h2-4,8H,5,13H2,1H3. The number of rotatable bonds is 3. The zero-order valence-electron chi connectivity index (χ0n) is 7.83. The van der Waals surface area contributed by atoms with E-state index in [1.165, 1.54) is 0 Å². The Kier molecular flexibility index (Phi) is 3.75. The first-order valence-electron chi connectivity index (χ1n) is 4.15. The molecule has 0 saturated heterocycles. The van der Waals surface area contributed by atoms with E-state index in [1.807, 2.05) is 6.07 Å². The van der Waals surface area contributed by atoms with Crippen LogP contribution in [0.3, 0.4) is 0 Å². The Hall–Kier alpha value is -1.24. The van der Waals surface area contributed by atoms with Gasteiger partial charge in [0, 0.05) is 6.04 Å². The topological polar surface area (TPSA) is 59.0 Å². The molecular formula is C10H11ClN2O. The molecule has 0 bridgehead atoms. The molecule has 1 rings (SSSR count).